The van der Waals surface area contributed by atoms with E-state index in [9.17, 15) is 14.4 Å². The maximum absolute atomic E-state index is 12.2. The Bertz CT molecular complexity index is 872. The second kappa shape index (κ2) is 8.95. The first-order chi connectivity index (χ1) is 12.5. The minimum atomic E-state index is -0.527. The molecule has 9 heteroatoms. The lowest BCUT2D eigenvalue weighted by molar-refractivity contribution is -0.116. The Morgan fingerprint density at radius 3 is 2.92 bits per heavy atom. The number of carbonyl (C=O) groups is 2. The molecule has 2 rings (SSSR count). The van der Waals surface area contributed by atoms with Gasteiger partial charge < -0.3 is 19.4 Å². The van der Waals surface area contributed by atoms with Crippen LogP contribution in [0.4, 0.5) is 5.13 Å². The van der Waals surface area contributed by atoms with Crippen LogP contribution in [0.5, 0.6) is 5.75 Å². The smallest absolute Gasteiger partial charge is 0.350 e. The summed E-state index contributed by atoms with van der Waals surface area (Å²) in [4.78, 5) is 40.7. The van der Waals surface area contributed by atoms with E-state index in [4.69, 9.17) is 9.47 Å². The number of esters is 1. The highest BCUT2D eigenvalue weighted by Crippen LogP contribution is 2.23. The minimum absolute atomic E-state index is 0.0942. The highest BCUT2D eigenvalue weighted by molar-refractivity contribution is 7.17. The normalized spacial score (nSPS) is 10.2. The molecule has 0 aromatic carbocycles. The summed E-state index contributed by atoms with van der Waals surface area (Å²) in [5.74, 6) is -0.790. The third-order valence-electron chi connectivity index (χ3n) is 3.16. The number of amides is 1. The van der Waals surface area contributed by atoms with Gasteiger partial charge >= 0.3 is 5.97 Å². The maximum atomic E-state index is 12.2. The van der Waals surface area contributed by atoms with Crippen LogP contribution in [0, 0.1) is 6.92 Å². The number of rotatable bonds is 8. The van der Waals surface area contributed by atoms with Gasteiger partial charge in [0.25, 0.3) is 5.56 Å². The predicted octanol–water partition coefficient (Wildman–Crippen LogP) is 1.99. The number of hydrogen-bond donors (Lipinski definition) is 1. The zero-order chi connectivity index (χ0) is 19.1. The number of hydrogen-bond acceptors (Lipinski definition) is 7. The average molecular weight is 377 g/mol. The highest BCUT2D eigenvalue weighted by Gasteiger charge is 2.18. The molecule has 0 radical (unpaired) electrons. The molecule has 0 saturated heterocycles. The second-order valence-electron chi connectivity index (χ2n) is 5.11. The molecule has 26 heavy (non-hydrogen) atoms. The first-order valence-electron chi connectivity index (χ1n) is 7.83. The summed E-state index contributed by atoms with van der Waals surface area (Å²) in [6, 6.07) is 3.17. The molecule has 0 saturated carbocycles. The van der Waals surface area contributed by atoms with E-state index in [2.05, 4.69) is 16.9 Å². The lowest BCUT2D eigenvalue weighted by atomic mass is 10.4. The van der Waals surface area contributed by atoms with Crippen LogP contribution in [-0.4, -0.2) is 34.6 Å². The number of aryl methyl sites for hydroxylation is 1. The zero-order valence-electron chi connectivity index (χ0n) is 14.5. The lowest BCUT2D eigenvalue weighted by Gasteiger charge is -2.08. The van der Waals surface area contributed by atoms with Crippen molar-refractivity contribution in [1.82, 2.24) is 9.55 Å². The highest BCUT2D eigenvalue weighted by atomic mass is 32.1. The Kier molecular flexibility index (Phi) is 6.67. The third-order valence-corrected chi connectivity index (χ3v) is 4.21. The molecule has 1 amide bonds. The standard InChI is InChI=1S/C17H19N3O5S/c1-4-9-25-16(23)14-11(3)18-17(26-14)19-13(21)10-20-8-6-7-12(15(20)22)24-5-2/h4,6-8H,1,5,9-10H2,2-3H3,(H,18,19,21). The first-order valence-corrected chi connectivity index (χ1v) is 8.65. The Labute approximate surface area is 154 Å². The molecule has 2 aromatic heterocycles. The van der Waals surface area contributed by atoms with Gasteiger partial charge in [0.05, 0.1) is 12.3 Å². The average Bonchev–Trinajstić information content (AvgIpc) is 2.96. The summed E-state index contributed by atoms with van der Waals surface area (Å²) < 4.78 is 11.4. The monoisotopic (exact) mass is 377 g/mol. The van der Waals surface area contributed by atoms with Crippen molar-refractivity contribution in [3.05, 3.63) is 51.9 Å². The van der Waals surface area contributed by atoms with Gasteiger partial charge in [-0.25, -0.2) is 9.78 Å². The van der Waals surface area contributed by atoms with Gasteiger partial charge in [-0.2, -0.15) is 0 Å². The summed E-state index contributed by atoms with van der Waals surface area (Å²) in [6.45, 7) is 7.14. The number of nitrogens with zero attached hydrogens (tertiary/aromatic N) is 2. The van der Waals surface area contributed by atoms with Crippen molar-refractivity contribution in [2.24, 2.45) is 0 Å². The van der Waals surface area contributed by atoms with Gasteiger partial charge in [0.1, 0.15) is 18.0 Å². The van der Waals surface area contributed by atoms with Crippen molar-refractivity contribution < 1.29 is 19.1 Å². The number of nitrogens with one attached hydrogen (secondary N) is 1. The Morgan fingerprint density at radius 2 is 2.23 bits per heavy atom. The number of anilines is 1. The molecular formula is C17H19N3O5S. The van der Waals surface area contributed by atoms with Crippen molar-refractivity contribution in [2.45, 2.75) is 20.4 Å². The molecule has 0 aliphatic carbocycles. The van der Waals surface area contributed by atoms with Gasteiger partial charge in [0, 0.05) is 6.20 Å². The molecule has 0 aliphatic heterocycles. The fourth-order valence-electron chi connectivity index (χ4n) is 2.06. The molecule has 2 aromatic rings. The van der Waals surface area contributed by atoms with Gasteiger partial charge in [-0.3, -0.25) is 9.59 Å². The van der Waals surface area contributed by atoms with E-state index in [0.717, 1.165) is 11.3 Å². The quantitative estimate of drug-likeness (QED) is 0.558. The van der Waals surface area contributed by atoms with Gasteiger partial charge in [0.2, 0.25) is 5.91 Å². The maximum Gasteiger partial charge on any atom is 0.350 e. The molecule has 2 heterocycles. The van der Waals surface area contributed by atoms with E-state index < -0.39 is 17.4 Å². The second-order valence-corrected chi connectivity index (χ2v) is 6.11. The third kappa shape index (κ3) is 4.79. The number of carbonyl (C=O) groups excluding carboxylic acids is 2. The van der Waals surface area contributed by atoms with Crippen LogP contribution in [0.3, 0.4) is 0 Å². The molecule has 8 nitrogen and oxygen atoms in total. The SMILES string of the molecule is C=CCOC(=O)c1sc(NC(=O)Cn2cccc(OCC)c2=O)nc1C. The van der Waals surface area contributed by atoms with Crippen molar-refractivity contribution >= 4 is 28.3 Å². The molecular weight excluding hydrogens is 358 g/mol. The largest absolute Gasteiger partial charge is 0.488 e. The van der Waals surface area contributed by atoms with Crippen molar-refractivity contribution in [3.8, 4) is 5.75 Å². The molecule has 0 bridgehead atoms. The van der Waals surface area contributed by atoms with Crippen LogP contribution in [0.2, 0.25) is 0 Å². The number of aromatic nitrogens is 2. The lowest BCUT2D eigenvalue weighted by Crippen LogP contribution is -2.27. The fourth-order valence-corrected chi connectivity index (χ4v) is 2.93. The van der Waals surface area contributed by atoms with Gasteiger partial charge in [0.15, 0.2) is 10.9 Å². The zero-order valence-corrected chi connectivity index (χ0v) is 15.3. The van der Waals surface area contributed by atoms with Gasteiger partial charge in [-0.05, 0) is 26.0 Å². The summed E-state index contributed by atoms with van der Waals surface area (Å²) >= 11 is 1.01. The van der Waals surface area contributed by atoms with Crippen LogP contribution >= 0.6 is 11.3 Å². The summed E-state index contributed by atoms with van der Waals surface area (Å²) in [5.41, 5.74) is 0.0587. The number of pyridine rings is 1. The van der Waals surface area contributed by atoms with Crippen LogP contribution in [0.1, 0.15) is 22.3 Å². The molecule has 138 valence electrons. The van der Waals surface area contributed by atoms with E-state index in [0.29, 0.717) is 17.2 Å². The van der Waals surface area contributed by atoms with Crippen LogP contribution in [0.15, 0.2) is 35.8 Å². The molecule has 0 aliphatic rings. The van der Waals surface area contributed by atoms with Crippen molar-refractivity contribution in [2.75, 3.05) is 18.5 Å². The van der Waals surface area contributed by atoms with E-state index >= 15 is 0 Å². The number of thiazole rings is 1. The first kappa shape index (κ1) is 19.4. The minimum Gasteiger partial charge on any atom is -0.488 e. The van der Waals surface area contributed by atoms with E-state index in [1.807, 2.05) is 0 Å². The van der Waals surface area contributed by atoms with Crippen LogP contribution in [0.25, 0.3) is 0 Å². The van der Waals surface area contributed by atoms with Crippen LogP contribution in [-0.2, 0) is 16.1 Å². The Morgan fingerprint density at radius 1 is 1.46 bits per heavy atom. The van der Waals surface area contributed by atoms with Crippen molar-refractivity contribution in [3.63, 3.8) is 0 Å². The fraction of sp³-hybridized carbons (Fsp3) is 0.294. The van der Waals surface area contributed by atoms with E-state index in [1.54, 1.807) is 26.0 Å². The van der Waals surface area contributed by atoms with Crippen LogP contribution < -0.4 is 15.6 Å². The molecule has 0 atom stereocenters. The van der Waals surface area contributed by atoms with Crippen molar-refractivity contribution in [1.29, 1.82) is 0 Å². The van der Waals surface area contributed by atoms with Gasteiger partial charge in [-0.15, -0.1) is 0 Å². The molecule has 0 fully saturated rings. The van der Waals surface area contributed by atoms with Gasteiger partial charge in [-0.1, -0.05) is 24.0 Å². The molecule has 1 N–H and O–H groups in total. The topological polar surface area (TPSA) is 99.5 Å². The summed E-state index contributed by atoms with van der Waals surface area (Å²) in [5, 5.41) is 2.84. The Hall–Kier alpha value is -2.94. The summed E-state index contributed by atoms with van der Waals surface area (Å²) in [7, 11) is 0. The summed E-state index contributed by atoms with van der Waals surface area (Å²) in [6.07, 6.45) is 2.96. The van der Waals surface area contributed by atoms with E-state index in [-0.39, 0.29) is 24.0 Å². The number of ether oxygens (including phenoxy) is 2. The Balaban J connectivity index is 2.07. The molecule has 0 spiro atoms. The molecule has 0 unspecified atom stereocenters. The van der Waals surface area contributed by atoms with E-state index in [1.165, 1.54) is 16.8 Å². The predicted molar refractivity (Wildman–Crippen MR) is 97.8 cm³/mol.